The van der Waals surface area contributed by atoms with E-state index >= 15 is 0 Å². The number of benzene rings is 2. The van der Waals surface area contributed by atoms with Crippen molar-refractivity contribution in [3.8, 4) is 5.75 Å². The summed E-state index contributed by atoms with van der Waals surface area (Å²) in [7, 11) is 0. The summed E-state index contributed by atoms with van der Waals surface area (Å²) in [6.45, 7) is 4.40. The van der Waals surface area contributed by atoms with E-state index in [0.29, 0.717) is 22.9 Å². The quantitative estimate of drug-likeness (QED) is 0.672. The standard InChI is InChI=1S/C17H17ClN2O2/c1-3-22-16-10-6-13(7-11-16)12(2)19-20-17(21)14-4-8-15(18)9-5-14/h4-11H,3H2,1-2H3,(H,20,21)/b19-12+. The lowest BCUT2D eigenvalue weighted by atomic mass is 10.1. The van der Waals surface area contributed by atoms with Gasteiger partial charge in [0.05, 0.1) is 12.3 Å². The van der Waals surface area contributed by atoms with Gasteiger partial charge in [-0.1, -0.05) is 11.6 Å². The smallest absolute Gasteiger partial charge is 0.271 e. The number of rotatable bonds is 5. The topological polar surface area (TPSA) is 50.7 Å². The van der Waals surface area contributed by atoms with Crippen LogP contribution in [0.5, 0.6) is 5.75 Å². The van der Waals surface area contributed by atoms with Crippen LogP contribution in [0.1, 0.15) is 29.8 Å². The summed E-state index contributed by atoms with van der Waals surface area (Å²) in [6.07, 6.45) is 0. The lowest BCUT2D eigenvalue weighted by Gasteiger charge is -2.05. The zero-order valence-electron chi connectivity index (χ0n) is 12.5. The first kappa shape index (κ1) is 16.0. The van der Waals surface area contributed by atoms with Gasteiger partial charge in [0, 0.05) is 10.6 Å². The Morgan fingerprint density at radius 2 is 1.68 bits per heavy atom. The van der Waals surface area contributed by atoms with Gasteiger partial charge in [0.25, 0.3) is 5.91 Å². The molecule has 0 aromatic heterocycles. The van der Waals surface area contributed by atoms with Crippen LogP contribution in [-0.4, -0.2) is 18.2 Å². The van der Waals surface area contributed by atoms with Crippen LogP contribution in [0.15, 0.2) is 53.6 Å². The molecule has 0 fully saturated rings. The Balaban J connectivity index is 2.02. The molecular weight excluding hydrogens is 300 g/mol. The van der Waals surface area contributed by atoms with E-state index in [0.717, 1.165) is 11.3 Å². The summed E-state index contributed by atoms with van der Waals surface area (Å²) in [4.78, 5) is 11.9. The van der Waals surface area contributed by atoms with E-state index in [4.69, 9.17) is 16.3 Å². The molecule has 0 spiro atoms. The lowest BCUT2D eigenvalue weighted by Crippen LogP contribution is -2.19. The molecule has 2 aromatic carbocycles. The van der Waals surface area contributed by atoms with E-state index < -0.39 is 0 Å². The first-order valence-corrected chi connectivity index (χ1v) is 7.31. The highest BCUT2D eigenvalue weighted by atomic mass is 35.5. The molecule has 0 radical (unpaired) electrons. The van der Waals surface area contributed by atoms with Crippen molar-refractivity contribution >= 4 is 23.2 Å². The number of hydrogen-bond acceptors (Lipinski definition) is 3. The summed E-state index contributed by atoms with van der Waals surface area (Å²) in [5, 5.41) is 4.70. The molecular formula is C17H17ClN2O2. The fourth-order valence-corrected chi connectivity index (χ4v) is 1.95. The zero-order valence-corrected chi connectivity index (χ0v) is 13.2. The van der Waals surface area contributed by atoms with Gasteiger partial charge in [-0.15, -0.1) is 0 Å². The molecule has 0 saturated carbocycles. The molecule has 0 heterocycles. The summed E-state index contributed by atoms with van der Waals surface area (Å²) in [5.41, 5.74) is 4.67. The van der Waals surface area contributed by atoms with Gasteiger partial charge in [-0.05, 0) is 67.9 Å². The largest absolute Gasteiger partial charge is 0.494 e. The van der Waals surface area contributed by atoms with Crippen molar-refractivity contribution in [1.82, 2.24) is 5.43 Å². The first-order chi connectivity index (χ1) is 10.6. The number of nitrogens with zero attached hydrogens (tertiary/aromatic N) is 1. The van der Waals surface area contributed by atoms with Crippen LogP contribution < -0.4 is 10.2 Å². The van der Waals surface area contributed by atoms with Gasteiger partial charge in [0.15, 0.2) is 0 Å². The van der Waals surface area contributed by atoms with Crippen molar-refractivity contribution in [2.75, 3.05) is 6.61 Å². The van der Waals surface area contributed by atoms with Gasteiger partial charge in [-0.25, -0.2) is 5.43 Å². The monoisotopic (exact) mass is 316 g/mol. The SMILES string of the molecule is CCOc1ccc(/C(C)=N/NC(=O)c2ccc(Cl)cc2)cc1. The van der Waals surface area contributed by atoms with Crippen LogP contribution in [0.3, 0.4) is 0 Å². The molecule has 1 amide bonds. The third kappa shape index (κ3) is 4.33. The Morgan fingerprint density at radius 1 is 1.09 bits per heavy atom. The summed E-state index contributed by atoms with van der Waals surface area (Å²) in [5.74, 6) is 0.534. The van der Waals surface area contributed by atoms with E-state index in [9.17, 15) is 4.79 Å². The molecule has 114 valence electrons. The number of hydrazone groups is 1. The predicted molar refractivity (Wildman–Crippen MR) is 88.7 cm³/mol. The van der Waals surface area contributed by atoms with Gasteiger partial charge >= 0.3 is 0 Å². The Hall–Kier alpha value is -2.33. The second-order valence-electron chi connectivity index (χ2n) is 4.60. The number of nitrogens with one attached hydrogen (secondary N) is 1. The molecule has 0 aliphatic carbocycles. The van der Waals surface area contributed by atoms with Crippen LogP contribution in [0.2, 0.25) is 5.02 Å². The number of ether oxygens (including phenoxy) is 1. The molecule has 0 aliphatic rings. The van der Waals surface area contributed by atoms with E-state index in [2.05, 4.69) is 10.5 Å². The molecule has 4 nitrogen and oxygen atoms in total. The number of hydrogen-bond donors (Lipinski definition) is 1. The van der Waals surface area contributed by atoms with E-state index in [-0.39, 0.29) is 5.91 Å². The maximum Gasteiger partial charge on any atom is 0.271 e. The molecule has 2 aromatic rings. The number of halogens is 1. The minimum atomic E-state index is -0.276. The average molecular weight is 317 g/mol. The molecule has 0 bridgehead atoms. The van der Waals surface area contributed by atoms with Gasteiger partial charge in [0.2, 0.25) is 0 Å². The predicted octanol–water partition coefficient (Wildman–Crippen LogP) is 3.89. The highest BCUT2D eigenvalue weighted by Crippen LogP contribution is 2.13. The summed E-state index contributed by atoms with van der Waals surface area (Å²) in [6, 6.07) is 14.2. The molecule has 0 unspecified atom stereocenters. The summed E-state index contributed by atoms with van der Waals surface area (Å²) >= 11 is 5.79. The van der Waals surface area contributed by atoms with Crippen molar-refractivity contribution in [2.45, 2.75) is 13.8 Å². The Kier molecular flexibility index (Phi) is 5.55. The fraction of sp³-hybridized carbons (Fsp3) is 0.176. The first-order valence-electron chi connectivity index (χ1n) is 6.93. The van der Waals surface area contributed by atoms with Crippen LogP contribution in [-0.2, 0) is 0 Å². The molecule has 22 heavy (non-hydrogen) atoms. The summed E-state index contributed by atoms with van der Waals surface area (Å²) < 4.78 is 5.39. The van der Waals surface area contributed by atoms with E-state index in [1.54, 1.807) is 24.3 Å². The minimum Gasteiger partial charge on any atom is -0.494 e. The van der Waals surface area contributed by atoms with E-state index in [1.165, 1.54) is 0 Å². The molecule has 2 rings (SSSR count). The molecule has 5 heteroatoms. The normalized spacial score (nSPS) is 11.1. The third-order valence-corrected chi connectivity index (χ3v) is 3.27. The van der Waals surface area contributed by atoms with Crippen LogP contribution in [0.4, 0.5) is 0 Å². The highest BCUT2D eigenvalue weighted by molar-refractivity contribution is 6.30. The van der Waals surface area contributed by atoms with E-state index in [1.807, 2.05) is 38.1 Å². The van der Waals surface area contributed by atoms with Gasteiger partial charge in [0.1, 0.15) is 5.75 Å². The minimum absolute atomic E-state index is 0.276. The van der Waals surface area contributed by atoms with Crippen LogP contribution >= 0.6 is 11.6 Å². The van der Waals surface area contributed by atoms with Crippen LogP contribution in [0.25, 0.3) is 0 Å². The maximum absolute atomic E-state index is 11.9. The second-order valence-corrected chi connectivity index (χ2v) is 5.04. The van der Waals surface area contributed by atoms with Crippen molar-refractivity contribution < 1.29 is 9.53 Å². The number of amides is 1. The van der Waals surface area contributed by atoms with Gasteiger partial charge in [-0.3, -0.25) is 4.79 Å². The number of carbonyl (C=O) groups excluding carboxylic acids is 1. The highest BCUT2D eigenvalue weighted by Gasteiger charge is 2.05. The van der Waals surface area contributed by atoms with Gasteiger partial charge < -0.3 is 4.74 Å². The Morgan fingerprint density at radius 3 is 2.27 bits per heavy atom. The van der Waals surface area contributed by atoms with Gasteiger partial charge in [-0.2, -0.15) is 5.10 Å². The average Bonchev–Trinajstić information content (AvgIpc) is 2.54. The Bertz CT molecular complexity index is 664. The van der Waals surface area contributed by atoms with Crippen molar-refractivity contribution in [2.24, 2.45) is 5.10 Å². The molecule has 1 N–H and O–H groups in total. The van der Waals surface area contributed by atoms with Crippen LogP contribution in [0, 0.1) is 0 Å². The fourth-order valence-electron chi connectivity index (χ4n) is 1.82. The Labute approximate surface area is 134 Å². The molecule has 0 saturated heterocycles. The lowest BCUT2D eigenvalue weighted by molar-refractivity contribution is 0.0955. The van der Waals surface area contributed by atoms with Crippen molar-refractivity contribution in [3.05, 3.63) is 64.7 Å². The maximum atomic E-state index is 11.9. The molecule has 0 aliphatic heterocycles. The third-order valence-electron chi connectivity index (χ3n) is 3.01. The van der Waals surface area contributed by atoms with Crippen molar-refractivity contribution in [3.63, 3.8) is 0 Å². The number of carbonyl (C=O) groups is 1. The zero-order chi connectivity index (χ0) is 15.9. The van der Waals surface area contributed by atoms with Crippen molar-refractivity contribution in [1.29, 1.82) is 0 Å². The molecule has 0 atom stereocenters. The second kappa shape index (κ2) is 7.61.